The first-order valence-corrected chi connectivity index (χ1v) is 9.58. The van der Waals surface area contributed by atoms with Crippen LogP contribution in [0, 0.1) is 11.6 Å². The smallest absolute Gasteiger partial charge is 0.276 e. The van der Waals surface area contributed by atoms with Gasteiger partial charge in [0.25, 0.3) is 17.7 Å². The van der Waals surface area contributed by atoms with Gasteiger partial charge in [-0.1, -0.05) is 6.07 Å². The van der Waals surface area contributed by atoms with Crippen LogP contribution in [-0.2, 0) is 6.54 Å². The van der Waals surface area contributed by atoms with E-state index in [0.29, 0.717) is 6.07 Å². The van der Waals surface area contributed by atoms with E-state index in [-0.39, 0.29) is 18.7 Å². The van der Waals surface area contributed by atoms with Crippen molar-refractivity contribution in [2.75, 3.05) is 25.6 Å². The van der Waals surface area contributed by atoms with Crippen molar-refractivity contribution in [3.63, 3.8) is 0 Å². The molecule has 2 heterocycles. The lowest BCUT2D eigenvalue weighted by Crippen LogP contribution is -2.40. The Kier molecular flexibility index (Phi) is 6.42. The van der Waals surface area contributed by atoms with Gasteiger partial charge in [-0.2, -0.15) is 0 Å². The molecule has 1 aromatic carbocycles. The van der Waals surface area contributed by atoms with Gasteiger partial charge in [0, 0.05) is 57.4 Å². The summed E-state index contributed by atoms with van der Waals surface area (Å²) in [4.78, 5) is 38.6. The van der Waals surface area contributed by atoms with Crippen LogP contribution in [0.1, 0.15) is 39.3 Å². The maximum absolute atomic E-state index is 13.9. The molecule has 172 valence electrons. The average Bonchev–Trinajstić information content (AvgIpc) is 2.72. The third kappa shape index (κ3) is 4.84. The molecule has 32 heavy (non-hydrogen) atoms. The molecule has 3 rings (SSSR count). The standard InChI is InChI=1S/C20H20F4N4O4/c1-27-7-5-20(23,24)4-6-26-28-10-13(16(29)17(30)15(28)19(27)32)18(31)25-9-11-2-3-12(21)8-14(11)22/h2-3,8,10,26,30H,4-7,9H2,1H3,(H,25,31). The fourth-order valence-electron chi connectivity index (χ4n) is 3.13. The lowest BCUT2D eigenvalue weighted by atomic mass is 10.1. The molecule has 12 heteroatoms. The van der Waals surface area contributed by atoms with Gasteiger partial charge in [-0.25, -0.2) is 17.6 Å². The first-order valence-electron chi connectivity index (χ1n) is 9.58. The molecule has 0 aliphatic carbocycles. The van der Waals surface area contributed by atoms with Crippen molar-refractivity contribution in [3.8, 4) is 5.75 Å². The Morgan fingerprint density at radius 2 is 1.97 bits per heavy atom. The molecule has 2 amide bonds. The first kappa shape index (κ1) is 23.1. The number of nitrogens with zero attached hydrogens (tertiary/aromatic N) is 2. The summed E-state index contributed by atoms with van der Waals surface area (Å²) < 4.78 is 55.4. The van der Waals surface area contributed by atoms with E-state index in [2.05, 4.69) is 10.7 Å². The number of fused-ring (bicyclic) bond motifs is 1. The molecule has 0 saturated heterocycles. The largest absolute Gasteiger partial charge is 0.502 e. The molecule has 1 aliphatic rings. The Morgan fingerprint density at radius 1 is 1.25 bits per heavy atom. The number of rotatable bonds is 3. The number of pyridine rings is 1. The van der Waals surface area contributed by atoms with E-state index in [4.69, 9.17) is 0 Å². The summed E-state index contributed by atoms with van der Waals surface area (Å²) in [6, 6.07) is 2.73. The number of aromatic hydroxyl groups is 1. The topological polar surface area (TPSA) is 104 Å². The molecule has 0 saturated carbocycles. The van der Waals surface area contributed by atoms with Crippen molar-refractivity contribution in [1.29, 1.82) is 0 Å². The highest BCUT2D eigenvalue weighted by Crippen LogP contribution is 2.25. The molecule has 1 aromatic heterocycles. The zero-order chi connectivity index (χ0) is 23.6. The van der Waals surface area contributed by atoms with Crippen molar-refractivity contribution in [3.05, 3.63) is 63.1 Å². The second-order valence-electron chi connectivity index (χ2n) is 7.35. The molecule has 2 aromatic rings. The van der Waals surface area contributed by atoms with Crippen LogP contribution < -0.4 is 16.2 Å². The Balaban J connectivity index is 1.93. The fraction of sp³-hybridized carbons (Fsp3) is 0.350. The number of amides is 2. The number of hydrogen-bond acceptors (Lipinski definition) is 5. The van der Waals surface area contributed by atoms with Gasteiger partial charge in [0.2, 0.25) is 5.43 Å². The summed E-state index contributed by atoms with van der Waals surface area (Å²) in [5.74, 6) is -7.73. The van der Waals surface area contributed by atoms with Gasteiger partial charge in [0.1, 0.15) is 17.2 Å². The molecule has 8 nitrogen and oxygen atoms in total. The molecular formula is C20H20F4N4O4. The van der Waals surface area contributed by atoms with Crippen molar-refractivity contribution in [2.45, 2.75) is 25.3 Å². The van der Waals surface area contributed by atoms with Crippen LogP contribution in [0.4, 0.5) is 17.6 Å². The quantitative estimate of drug-likeness (QED) is 0.612. The molecule has 0 atom stereocenters. The lowest BCUT2D eigenvalue weighted by molar-refractivity contribution is -0.0191. The van der Waals surface area contributed by atoms with Crippen LogP contribution in [0.3, 0.4) is 0 Å². The minimum atomic E-state index is -3.06. The summed E-state index contributed by atoms with van der Waals surface area (Å²) in [5.41, 5.74) is 0.157. The summed E-state index contributed by atoms with van der Waals surface area (Å²) in [7, 11) is 1.24. The van der Waals surface area contributed by atoms with Crippen LogP contribution in [0.25, 0.3) is 0 Å². The molecule has 0 unspecified atom stereocenters. The van der Waals surface area contributed by atoms with Crippen molar-refractivity contribution in [1.82, 2.24) is 14.9 Å². The van der Waals surface area contributed by atoms with Crippen LogP contribution >= 0.6 is 0 Å². The zero-order valence-corrected chi connectivity index (χ0v) is 16.9. The van der Waals surface area contributed by atoms with Crippen LogP contribution in [0.2, 0.25) is 0 Å². The second kappa shape index (κ2) is 8.89. The van der Waals surface area contributed by atoms with Gasteiger partial charge >= 0.3 is 0 Å². The maximum Gasteiger partial charge on any atom is 0.276 e. The van der Waals surface area contributed by atoms with E-state index in [1.54, 1.807) is 0 Å². The number of nitrogens with one attached hydrogen (secondary N) is 2. The van der Waals surface area contributed by atoms with E-state index in [9.17, 15) is 37.1 Å². The Labute approximate surface area is 179 Å². The van der Waals surface area contributed by atoms with Gasteiger partial charge in [0.05, 0.1) is 0 Å². The van der Waals surface area contributed by atoms with Crippen molar-refractivity contribution < 1.29 is 32.3 Å². The van der Waals surface area contributed by atoms with Gasteiger partial charge < -0.3 is 20.7 Å². The first-order chi connectivity index (χ1) is 15.0. The third-order valence-corrected chi connectivity index (χ3v) is 5.02. The SMILES string of the molecule is CN1CCC(F)(F)CCNn2cc(C(=O)NCc3ccc(F)cc3F)c(=O)c(O)c2C1=O. The van der Waals surface area contributed by atoms with Gasteiger partial charge in [-0.15, -0.1) is 0 Å². The normalized spacial score (nSPS) is 16.2. The second-order valence-corrected chi connectivity index (χ2v) is 7.35. The molecule has 0 radical (unpaired) electrons. The van der Waals surface area contributed by atoms with E-state index >= 15 is 0 Å². The number of halogens is 4. The van der Waals surface area contributed by atoms with Crippen LogP contribution in [0.5, 0.6) is 5.75 Å². The molecule has 0 spiro atoms. The third-order valence-electron chi connectivity index (χ3n) is 5.02. The predicted molar refractivity (Wildman–Crippen MR) is 105 cm³/mol. The van der Waals surface area contributed by atoms with Gasteiger partial charge in [-0.05, 0) is 6.07 Å². The highest BCUT2D eigenvalue weighted by molar-refractivity contribution is 5.98. The van der Waals surface area contributed by atoms with E-state index in [1.165, 1.54) is 7.05 Å². The predicted octanol–water partition coefficient (Wildman–Crippen LogP) is 1.81. The summed E-state index contributed by atoms with van der Waals surface area (Å²) in [5, 5.41) is 12.6. The van der Waals surface area contributed by atoms with E-state index in [1.807, 2.05) is 0 Å². The summed E-state index contributed by atoms with van der Waals surface area (Å²) in [6.45, 7) is -1.03. The van der Waals surface area contributed by atoms with Gasteiger partial charge in [0.15, 0.2) is 11.4 Å². The maximum atomic E-state index is 13.9. The Morgan fingerprint density at radius 3 is 2.66 bits per heavy atom. The fourth-order valence-corrected chi connectivity index (χ4v) is 3.13. The Hall–Kier alpha value is -3.57. The van der Waals surface area contributed by atoms with Crippen molar-refractivity contribution in [2.24, 2.45) is 0 Å². The van der Waals surface area contributed by atoms with Gasteiger partial charge in [-0.3, -0.25) is 19.1 Å². The molecule has 0 fully saturated rings. The van der Waals surface area contributed by atoms with Crippen LogP contribution in [-0.4, -0.2) is 52.6 Å². The number of alkyl halides is 2. The average molecular weight is 456 g/mol. The summed E-state index contributed by atoms with van der Waals surface area (Å²) >= 11 is 0. The molecule has 0 bridgehead atoms. The minimum absolute atomic E-state index is 0.0554. The Bertz CT molecular complexity index is 1120. The highest BCUT2D eigenvalue weighted by Gasteiger charge is 2.33. The summed E-state index contributed by atoms with van der Waals surface area (Å²) in [6.07, 6.45) is -0.283. The number of carbonyl (C=O) groups is 2. The zero-order valence-electron chi connectivity index (χ0n) is 16.9. The monoisotopic (exact) mass is 456 g/mol. The molecule has 3 N–H and O–H groups in total. The number of aromatic nitrogens is 1. The number of benzene rings is 1. The van der Waals surface area contributed by atoms with E-state index in [0.717, 1.165) is 27.9 Å². The number of carbonyl (C=O) groups excluding carboxylic acids is 2. The lowest BCUT2D eigenvalue weighted by Gasteiger charge is -2.27. The highest BCUT2D eigenvalue weighted by atomic mass is 19.3. The van der Waals surface area contributed by atoms with Crippen molar-refractivity contribution >= 4 is 11.8 Å². The minimum Gasteiger partial charge on any atom is -0.502 e. The van der Waals surface area contributed by atoms with Crippen LogP contribution in [0.15, 0.2) is 29.2 Å². The van der Waals surface area contributed by atoms with E-state index < -0.39 is 71.2 Å². The number of hydrogen-bond donors (Lipinski definition) is 3. The molecular weight excluding hydrogens is 436 g/mol. The molecule has 1 aliphatic heterocycles.